The third-order valence-electron chi connectivity index (χ3n) is 4.47. The molecule has 2 aliphatic rings. The fourth-order valence-corrected chi connectivity index (χ4v) is 3.36. The summed E-state index contributed by atoms with van der Waals surface area (Å²) in [5.41, 5.74) is 3.03. The number of guanidine groups is 1. The molecule has 1 saturated heterocycles. The lowest BCUT2D eigenvalue weighted by Gasteiger charge is -2.29. The Morgan fingerprint density at radius 3 is 2.61 bits per heavy atom. The topological polar surface area (TPSA) is 35.9 Å². The van der Waals surface area contributed by atoms with Gasteiger partial charge in [-0.15, -0.1) is 0 Å². The van der Waals surface area contributed by atoms with Gasteiger partial charge in [0.15, 0.2) is 0 Å². The van der Waals surface area contributed by atoms with Crippen LogP contribution in [-0.4, -0.2) is 22.8 Å². The van der Waals surface area contributed by atoms with E-state index in [-0.39, 0.29) is 11.9 Å². The summed E-state index contributed by atoms with van der Waals surface area (Å²) in [4.78, 5) is 21.7. The highest BCUT2D eigenvalue weighted by molar-refractivity contribution is 6.23. The molecule has 4 rings (SSSR count). The summed E-state index contributed by atoms with van der Waals surface area (Å²) in [6.07, 6.45) is 1.83. The monoisotopic (exact) mass is 305 g/mol. The van der Waals surface area contributed by atoms with Crippen molar-refractivity contribution in [2.45, 2.75) is 32.4 Å². The number of hydrogen-bond acceptors (Lipinski definition) is 3. The van der Waals surface area contributed by atoms with Gasteiger partial charge in [0.25, 0.3) is 5.91 Å². The Morgan fingerprint density at radius 1 is 1.09 bits per heavy atom. The summed E-state index contributed by atoms with van der Waals surface area (Å²) in [5.74, 6) is 0.892. The Bertz CT molecular complexity index is 769. The minimum Gasteiger partial charge on any atom is -0.325 e. The van der Waals surface area contributed by atoms with Gasteiger partial charge in [0, 0.05) is 6.54 Å². The summed E-state index contributed by atoms with van der Waals surface area (Å²) >= 11 is 0. The third kappa shape index (κ3) is 2.22. The highest BCUT2D eigenvalue weighted by Gasteiger charge is 2.45. The predicted molar refractivity (Wildman–Crippen MR) is 91.7 cm³/mol. The smallest absolute Gasteiger partial charge is 0.256 e. The van der Waals surface area contributed by atoms with Crippen LogP contribution in [0.5, 0.6) is 0 Å². The lowest BCUT2D eigenvalue weighted by molar-refractivity contribution is -0.120. The number of hydrogen-bond donors (Lipinski definition) is 0. The van der Waals surface area contributed by atoms with E-state index < -0.39 is 0 Å². The molecule has 116 valence electrons. The van der Waals surface area contributed by atoms with Gasteiger partial charge in [-0.1, -0.05) is 49.7 Å². The molecule has 0 radical (unpaired) electrons. The molecule has 1 atom stereocenters. The first-order valence-corrected chi connectivity index (χ1v) is 8.12. The number of anilines is 1. The average Bonchev–Trinajstić information content (AvgIpc) is 2.85. The number of rotatable bonds is 3. The average molecular weight is 305 g/mol. The van der Waals surface area contributed by atoms with E-state index in [1.807, 2.05) is 48.5 Å². The Kier molecular flexibility index (Phi) is 3.37. The van der Waals surface area contributed by atoms with Crippen LogP contribution in [0.1, 0.15) is 25.3 Å². The molecule has 0 saturated carbocycles. The normalized spacial score (nSPS) is 19.4. The Morgan fingerprint density at radius 2 is 1.83 bits per heavy atom. The van der Waals surface area contributed by atoms with Crippen LogP contribution < -0.4 is 4.90 Å². The number of amides is 1. The van der Waals surface area contributed by atoms with Crippen molar-refractivity contribution in [2.24, 2.45) is 4.99 Å². The van der Waals surface area contributed by atoms with Gasteiger partial charge in [-0.2, -0.15) is 0 Å². The second kappa shape index (κ2) is 5.54. The molecule has 0 N–H and O–H groups in total. The van der Waals surface area contributed by atoms with Gasteiger partial charge in [0.2, 0.25) is 5.96 Å². The Hall–Kier alpha value is -2.62. The molecule has 2 heterocycles. The maximum Gasteiger partial charge on any atom is 0.256 e. The summed E-state index contributed by atoms with van der Waals surface area (Å²) in [6.45, 7) is 2.86. The molecule has 4 nitrogen and oxygen atoms in total. The molecule has 2 aromatic carbocycles. The number of para-hydroxylation sites is 2. The Balaban J connectivity index is 1.83. The number of carbonyl (C=O) groups excluding carboxylic acids is 1. The van der Waals surface area contributed by atoms with Gasteiger partial charge in [0.1, 0.15) is 6.04 Å². The third-order valence-corrected chi connectivity index (χ3v) is 4.47. The van der Waals surface area contributed by atoms with E-state index in [4.69, 9.17) is 4.99 Å². The van der Waals surface area contributed by atoms with Gasteiger partial charge >= 0.3 is 0 Å². The van der Waals surface area contributed by atoms with E-state index in [1.165, 1.54) is 5.56 Å². The SMILES string of the molecule is CCCC1C(=O)N(c2ccccc2)C2=Nc3ccccc3CN21. The molecule has 2 aliphatic heterocycles. The van der Waals surface area contributed by atoms with Crippen molar-refractivity contribution >= 4 is 23.2 Å². The summed E-state index contributed by atoms with van der Waals surface area (Å²) in [7, 11) is 0. The summed E-state index contributed by atoms with van der Waals surface area (Å²) < 4.78 is 0. The maximum atomic E-state index is 13.0. The molecule has 0 bridgehead atoms. The van der Waals surface area contributed by atoms with E-state index in [2.05, 4.69) is 17.9 Å². The molecule has 2 aromatic rings. The number of aliphatic imine (C=N–C) groups is 1. The molecule has 1 amide bonds. The minimum atomic E-state index is -0.118. The van der Waals surface area contributed by atoms with E-state index in [0.29, 0.717) is 0 Å². The molecule has 23 heavy (non-hydrogen) atoms. The van der Waals surface area contributed by atoms with Crippen LogP contribution in [0.2, 0.25) is 0 Å². The van der Waals surface area contributed by atoms with Gasteiger partial charge in [0.05, 0.1) is 11.4 Å². The highest BCUT2D eigenvalue weighted by atomic mass is 16.2. The van der Waals surface area contributed by atoms with Gasteiger partial charge in [-0.05, 0) is 30.2 Å². The number of carbonyl (C=O) groups is 1. The first-order chi connectivity index (χ1) is 11.3. The van der Waals surface area contributed by atoms with Crippen molar-refractivity contribution in [3.63, 3.8) is 0 Å². The summed E-state index contributed by atoms with van der Waals surface area (Å²) in [6, 6.07) is 17.8. The first kappa shape index (κ1) is 14.0. The first-order valence-electron chi connectivity index (χ1n) is 8.12. The standard InChI is InChI=1S/C19H19N3O/c1-2-8-17-18(23)22(15-10-4-3-5-11-15)19-20-16-12-7-6-9-14(16)13-21(17)19/h3-7,9-12,17H,2,8,13H2,1H3. The van der Waals surface area contributed by atoms with Crippen molar-refractivity contribution in [1.29, 1.82) is 0 Å². The molecule has 1 unspecified atom stereocenters. The minimum absolute atomic E-state index is 0.118. The van der Waals surface area contributed by atoms with Gasteiger partial charge in [-0.25, -0.2) is 9.89 Å². The second-order valence-corrected chi connectivity index (χ2v) is 5.98. The largest absolute Gasteiger partial charge is 0.325 e. The fourth-order valence-electron chi connectivity index (χ4n) is 3.36. The van der Waals surface area contributed by atoms with Crippen LogP contribution in [0.25, 0.3) is 0 Å². The van der Waals surface area contributed by atoms with Crippen molar-refractivity contribution in [3.8, 4) is 0 Å². The van der Waals surface area contributed by atoms with Crippen LogP contribution in [0.3, 0.4) is 0 Å². The molecular formula is C19H19N3O. The zero-order valence-corrected chi connectivity index (χ0v) is 13.1. The molecule has 0 aromatic heterocycles. The van der Waals surface area contributed by atoms with Crippen molar-refractivity contribution in [1.82, 2.24) is 4.90 Å². The van der Waals surface area contributed by atoms with Crippen molar-refractivity contribution < 1.29 is 4.79 Å². The van der Waals surface area contributed by atoms with E-state index in [1.54, 1.807) is 4.90 Å². The van der Waals surface area contributed by atoms with Crippen LogP contribution in [0.15, 0.2) is 59.6 Å². The number of benzene rings is 2. The summed E-state index contributed by atoms with van der Waals surface area (Å²) in [5, 5.41) is 0. The van der Waals surface area contributed by atoms with Crippen molar-refractivity contribution in [2.75, 3.05) is 4.90 Å². The lowest BCUT2D eigenvalue weighted by Crippen LogP contribution is -2.37. The number of fused-ring (bicyclic) bond motifs is 2. The molecule has 0 spiro atoms. The van der Waals surface area contributed by atoms with Gasteiger partial charge < -0.3 is 4.90 Å². The van der Waals surface area contributed by atoms with Crippen LogP contribution in [0.4, 0.5) is 11.4 Å². The molecule has 4 heteroatoms. The zero-order valence-electron chi connectivity index (χ0n) is 13.1. The Labute approximate surface area is 136 Å². The van der Waals surface area contributed by atoms with Gasteiger partial charge in [-0.3, -0.25) is 4.79 Å². The zero-order chi connectivity index (χ0) is 15.8. The quantitative estimate of drug-likeness (QED) is 0.866. The lowest BCUT2D eigenvalue weighted by atomic mass is 10.1. The van der Waals surface area contributed by atoms with E-state index in [9.17, 15) is 4.79 Å². The van der Waals surface area contributed by atoms with Crippen molar-refractivity contribution in [3.05, 3.63) is 60.2 Å². The molecule has 0 aliphatic carbocycles. The van der Waals surface area contributed by atoms with Crippen LogP contribution >= 0.6 is 0 Å². The van der Waals surface area contributed by atoms with Crippen LogP contribution in [-0.2, 0) is 11.3 Å². The second-order valence-electron chi connectivity index (χ2n) is 5.98. The van der Waals surface area contributed by atoms with E-state index in [0.717, 1.165) is 36.7 Å². The predicted octanol–water partition coefficient (Wildman–Crippen LogP) is 3.71. The molecular weight excluding hydrogens is 286 g/mol. The molecule has 1 fully saturated rings. The fraction of sp³-hybridized carbons (Fsp3) is 0.263. The maximum absolute atomic E-state index is 13.0. The van der Waals surface area contributed by atoms with E-state index >= 15 is 0 Å². The van der Waals surface area contributed by atoms with Crippen LogP contribution in [0, 0.1) is 0 Å². The number of nitrogens with zero attached hydrogens (tertiary/aromatic N) is 3. The highest BCUT2D eigenvalue weighted by Crippen LogP contribution is 2.35.